The first-order chi connectivity index (χ1) is 15.0. The largest absolute Gasteiger partial charge is 0.341 e. The Morgan fingerprint density at radius 2 is 1.13 bits per heavy atom. The van der Waals surface area contributed by atoms with Gasteiger partial charge >= 0.3 is 0 Å². The Bertz CT molecular complexity index is 1020. The van der Waals surface area contributed by atoms with Gasteiger partial charge in [0.1, 0.15) is 12.2 Å². The summed E-state index contributed by atoms with van der Waals surface area (Å²) in [6.45, 7) is 0. The van der Waals surface area contributed by atoms with Crippen LogP contribution in [0, 0.1) is 20.2 Å². The van der Waals surface area contributed by atoms with Gasteiger partial charge in [-0.1, -0.05) is 54.6 Å². The van der Waals surface area contributed by atoms with Gasteiger partial charge in [-0.15, -0.1) is 0 Å². The first-order valence-electron chi connectivity index (χ1n) is 9.86. The third-order valence-corrected chi connectivity index (χ3v) is 5.26. The van der Waals surface area contributed by atoms with E-state index in [1.54, 1.807) is 36.4 Å². The van der Waals surface area contributed by atoms with Crippen LogP contribution in [0.5, 0.6) is 0 Å². The number of ether oxygens (including phenoxy) is 2. The van der Waals surface area contributed by atoms with E-state index in [0.717, 1.165) is 5.56 Å². The van der Waals surface area contributed by atoms with E-state index in [1.165, 1.54) is 12.1 Å². The second kappa shape index (κ2) is 9.03. The summed E-state index contributed by atoms with van der Waals surface area (Å²) in [6, 6.07) is 22.3. The summed E-state index contributed by atoms with van der Waals surface area (Å²) in [5.41, 5.74) is 1.55. The molecule has 1 fully saturated rings. The fraction of sp³-hybridized carbons (Fsp3) is 0.217. The number of nitrogens with zero attached hydrogens (tertiary/aromatic N) is 2. The maximum atomic E-state index is 11.6. The number of nitro groups is 2. The number of hydrogen-bond donors (Lipinski definition) is 0. The van der Waals surface area contributed by atoms with Gasteiger partial charge in [-0.25, -0.2) is 0 Å². The molecule has 0 aliphatic carbocycles. The zero-order chi connectivity index (χ0) is 21.8. The molecule has 1 saturated heterocycles. The van der Waals surface area contributed by atoms with Crippen LogP contribution in [0.4, 0.5) is 11.4 Å². The van der Waals surface area contributed by atoms with Crippen LogP contribution in [0.1, 0.15) is 35.3 Å². The minimum Gasteiger partial charge on any atom is -0.341 e. The molecular weight excluding hydrogens is 400 g/mol. The van der Waals surface area contributed by atoms with Crippen LogP contribution < -0.4 is 0 Å². The van der Waals surface area contributed by atoms with E-state index in [4.69, 9.17) is 9.47 Å². The SMILES string of the molecule is O=[N+]([O-])c1ccccc1[C@H]1OC(CCc2ccccc2)O[C@@H]1c1ccccc1[N+](=O)[O-]. The highest BCUT2D eigenvalue weighted by Crippen LogP contribution is 2.48. The average Bonchev–Trinajstić information content (AvgIpc) is 3.22. The Kier molecular flexibility index (Phi) is 6.01. The van der Waals surface area contributed by atoms with Crippen molar-refractivity contribution in [3.63, 3.8) is 0 Å². The van der Waals surface area contributed by atoms with Gasteiger partial charge in [0.15, 0.2) is 6.29 Å². The zero-order valence-corrected chi connectivity index (χ0v) is 16.5. The van der Waals surface area contributed by atoms with Crippen molar-refractivity contribution in [2.24, 2.45) is 0 Å². The molecular formula is C23H20N2O6. The molecule has 1 aliphatic heterocycles. The molecule has 0 N–H and O–H groups in total. The maximum absolute atomic E-state index is 11.6. The molecule has 0 saturated carbocycles. The molecule has 1 heterocycles. The Morgan fingerprint density at radius 3 is 1.61 bits per heavy atom. The lowest BCUT2D eigenvalue weighted by atomic mass is 9.96. The van der Waals surface area contributed by atoms with E-state index in [1.807, 2.05) is 30.3 Å². The summed E-state index contributed by atoms with van der Waals surface area (Å²) >= 11 is 0. The Balaban J connectivity index is 1.68. The first kappa shape index (κ1) is 20.6. The number of hydrogen-bond acceptors (Lipinski definition) is 6. The molecule has 0 bridgehead atoms. The normalized spacial score (nSPS) is 18.7. The maximum Gasteiger partial charge on any atom is 0.275 e. The molecule has 4 rings (SSSR count). The van der Waals surface area contributed by atoms with Crippen LogP contribution in [0.3, 0.4) is 0 Å². The molecule has 2 atom stereocenters. The first-order valence-corrected chi connectivity index (χ1v) is 9.86. The number of nitro benzene ring substituents is 2. The summed E-state index contributed by atoms with van der Waals surface area (Å²) in [5, 5.41) is 23.2. The fourth-order valence-electron chi connectivity index (χ4n) is 3.83. The molecule has 8 nitrogen and oxygen atoms in total. The van der Waals surface area contributed by atoms with Gasteiger partial charge in [0, 0.05) is 18.6 Å². The number of para-hydroxylation sites is 2. The molecule has 0 aromatic heterocycles. The molecule has 8 heteroatoms. The average molecular weight is 420 g/mol. The molecule has 3 aromatic rings. The standard InChI is InChI=1S/C23H20N2O6/c26-24(27)19-12-6-4-10-17(19)22-23(18-11-5-7-13-20(18)25(28)29)31-21(30-22)15-14-16-8-2-1-3-9-16/h1-13,21-23H,14-15H2/t22-,23-/m1/s1. The lowest BCUT2D eigenvalue weighted by molar-refractivity contribution is -0.387. The van der Waals surface area contributed by atoms with E-state index >= 15 is 0 Å². The van der Waals surface area contributed by atoms with Crippen LogP contribution >= 0.6 is 0 Å². The van der Waals surface area contributed by atoms with Gasteiger partial charge in [-0.05, 0) is 24.1 Å². The van der Waals surface area contributed by atoms with Crippen molar-refractivity contribution in [1.29, 1.82) is 0 Å². The Morgan fingerprint density at radius 1 is 0.677 bits per heavy atom. The third kappa shape index (κ3) is 4.45. The fourth-order valence-corrected chi connectivity index (χ4v) is 3.83. The van der Waals surface area contributed by atoms with Gasteiger partial charge < -0.3 is 9.47 Å². The molecule has 1 aliphatic rings. The molecule has 0 unspecified atom stereocenters. The highest BCUT2D eigenvalue weighted by molar-refractivity contribution is 5.47. The minimum atomic E-state index is -0.844. The van der Waals surface area contributed by atoms with Crippen molar-refractivity contribution < 1.29 is 19.3 Å². The number of benzene rings is 3. The third-order valence-electron chi connectivity index (χ3n) is 5.26. The van der Waals surface area contributed by atoms with Gasteiger partial charge in [-0.2, -0.15) is 0 Å². The molecule has 3 aromatic carbocycles. The zero-order valence-electron chi connectivity index (χ0n) is 16.5. The van der Waals surface area contributed by atoms with Crippen LogP contribution in [0.15, 0.2) is 78.9 Å². The van der Waals surface area contributed by atoms with E-state index < -0.39 is 28.3 Å². The summed E-state index contributed by atoms with van der Waals surface area (Å²) in [7, 11) is 0. The second-order valence-electron chi connectivity index (χ2n) is 7.20. The van der Waals surface area contributed by atoms with Crippen LogP contribution in [0.25, 0.3) is 0 Å². The van der Waals surface area contributed by atoms with Gasteiger partial charge in [0.2, 0.25) is 0 Å². The highest BCUT2D eigenvalue weighted by Gasteiger charge is 2.43. The van der Waals surface area contributed by atoms with Gasteiger partial charge in [0.25, 0.3) is 11.4 Å². The minimum absolute atomic E-state index is 0.108. The van der Waals surface area contributed by atoms with Crippen molar-refractivity contribution in [2.45, 2.75) is 31.3 Å². The summed E-state index contributed by atoms with van der Waals surface area (Å²) in [4.78, 5) is 22.2. The van der Waals surface area contributed by atoms with E-state index in [9.17, 15) is 20.2 Å². The van der Waals surface area contributed by atoms with Crippen molar-refractivity contribution in [3.05, 3.63) is 116 Å². The lowest BCUT2D eigenvalue weighted by Crippen LogP contribution is -2.11. The van der Waals surface area contributed by atoms with Gasteiger partial charge in [0.05, 0.1) is 21.0 Å². The molecule has 0 amide bonds. The predicted octanol–water partition coefficient (Wildman–Crippen LogP) is 5.29. The second-order valence-corrected chi connectivity index (χ2v) is 7.20. The molecule has 31 heavy (non-hydrogen) atoms. The molecule has 0 spiro atoms. The van der Waals surface area contributed by atoms with Crippen molar-refractivity contribution in [3.8, 4) is 0 Å². The van der Waals surface area contributed by atoms with E-state index in [-0.39, 0.29) is 11.4 Å². The van der Waals surface area contributed by atoms with Crippen molar-refractivity contribution in [1.82, 2.24) is 0 Å². The topological polar surface area (TPSA) is 105 Å². The van der Waals surface area contributed by atoms with Gasteiger partial charge in [-0.3, -0.25) is 20.2 Å². The van der Waals surface area contributed by atoms with Crippen LogP contribution in [0.2, 0.25) is 0 Å². The summed E-state index contributed by atoms with van der Waals surface area (Å²) < 4.78 is 12.2. The molecule has 0 radical (unpaired) electrons. The number of rotatable bonds is 7. The Labute approximate surface area is 178 Å². The molecule has 158 valence electrons. The number of aryl methyl sites for hydroxylation is 1. The van der Waals surface area contributed by atoms with E-state index in [2.05, 4.69) is 0 Å². The van der Waals surface area contributed by atoms with Crippen LogP contribution in [-0.4, -0.2) is 16.1 Å². The summed E-state index contributed by atoms with van der Waals surface area (Å²) in [5.74, 6) is 0. The monoisotopic (exact) mass is 420 g/mol. The quantitative estimate of drug-likeness (QED) is 0.380. The summed E-state index contributed by atoms with van der Waals surface area (Å²) in [6.07, 6.45) is -1.15. The highest BCUT2D eigenvalue weighted by atomic mass is 16.7. The van der Waals surface area contributed by atoms with E-state index in [0.29, 0.717) is 24.0 Å². The Hall–Kier alpha value is -3.62. The predicted molar refractivity (Wildman–Crippen MR) is 112 cm³/mol. The van der Waals surface area contributed by atoms with Crippen LogP contribution in [-0.2, 0) is 15.9 Å². The lowest BCUT2D eigenvalue weighted by Gasteiger charge is -2.17. The smallest absolute Gasteiger partial charge is 0.275 e. The van der Waals surface area contributed by atoms with Crippen molar-refractivity contribution in [2.75, 3.05) is 0 Å². The van der Waals surface area contributed by atoms with Crippen molar-refractivity contribution >= 4 is 11.4 Å².